The summed E-state index contributed by atoms with van der Waals surface area (Å²) in [6, 6.07) is 17.2. The Morgan fingerprint density at radius 3 is 1.89 bits per heavy atom. The van der Waals surface area contributed by atoms with Crippen LogP contribution in [0.15, 0.2) is 60.7 Å². The van der Waals surface area contributed by atoms with Gasteiger partial charge in [-0.3, -0.25) is 0 Å². The van der Waals surface area contributed by atoms with Crippen LogP contribution < -0.4 is 4.65 Å². The number of carbonyl (C=O) groups is 2. The van der Waals surface area contributed by atoms with Crippen molar-refractivity contribution in [2.24, 2.45) is 0 Å². The Bertz CT molecular complexity index is 932. The van der Waals surface area contributed by atoms with Gasteiger partial charge in [-0.25, -0.2) is 9.59 Å². The van der Waals surface area contributed by atoms with Gasteiger partial charge in [0.1, 0.15) is 5.75 Å². The molecule has 0 unspecified atom stereocenters. The molecule has 138 valence electrons. The van der Waals surface area contributed by atoms with Gasteiger partial charge < -0.3 is 24.9 Å². The molecule has 0 aliphatic carbocycles. The molecule has 0 radical (unpaired) electrons. The number of carboxylic acid groups (broad SMARTS) is 2. The topological polar surface area (TPSA) is 124 Å². The maximum atomic E-state index is 10.6. The minimum atomic E-state index is -1.78. The second kappa shape index (κ2) is 8.84. The Hall–Kier alpha value is -3.36. The fourth-order valence-corrected chi connectivity index (χ4v) is 2.51. The highest BCUT2D eigenvalue weighted by Gasteiger charge is 2.14. The molecule has 0 aromatic heterocycles. The van der Waals surface area contributed by atoms with Crippen LogP contribution in [0.4, 0.5) is 0 Å². The van der Waals surface area contributed by atoms with Crippen LogP contribution in [-0.4, -0.2) is 39.5 Å². The van der Waals surface area contributed by atoms with Gasteiger partial charge in [0.05, 0.1) is 11.1 Å². The second-order valence-electron chi connectivity index (χ2n) is 5.51. The van der Waals surface area contributed by atoms with Gasteiger partial charge in [-0.05, 0) is 36.1 Å². The minimum Gasteiger partial charge on any atom is -0.512 e. The molecule has 0 saturated carbocycles. The molecule has 0 saturated heterocycles. The maximum absolute atomic E-state index is 10.6. The number of fused-ring (bicyclic) bond motifs is 1. The zero-order chi connectivity index (χ0) is 20.0. The summed E-state index contributed by atoms with van der Waals surface area (Å²) in [5, 5.41) is 36.6. The van der Waals surface area contributed by atoms with Crippen molar-refractivity contribution in [1.82, 2.24) is 0 Å². The zero-order valence-corrected chi connectivity index (χ0v) is 14.4. The summed E-state index contributed by atoms with van der Waals surface area (Å²) in [6.07, 6.45) is 0. The molecule has 8 heteroatoms. The molecule has 27 heavy (non-hydrogen) atoms. The van der Waals surface area contributed by atoms with Crippen molar-refractivity contribution in [2.45, 2.75) is 6.92 Å². The third-order valence-electron chi connectivity index (χ3n) is 3.78. The highest BCUT2D eigenvalue weighted by molar-refractivity contribution is 6.34. The predicted molar refractivity (Wildman–Crippen MR) is 99.9 cm³/mol. The highest BCUT2D eigenvalue weighted by Crippen LogP contribution is 2.25. The summed E-state index contributed by atoms with van der Waals surface area (Å²) in [5.74, 6) is -1.75. The first kappa shape index (κ1) is 20.0. The van der Waals surface area contributed by atoms with Gasteiger partial charge in [0.25, 0.3) is 0 Å². The monoisotopic (exact) mass is 368 g/mol. The fourth-order valence-electron chi connectivity index (χ4n) is 2.51. The Kier molecular flexibility index (Phi) is 6.54. The first-order valence-corrected chi connectivity index (χ1v) is 7.88. The standard InChI is InChI=1S/C10H9BO3.C9H8O4/c12-11(13)14-10-7-3-5-8-4-1-2-6-9(8)10;1-5-6(8(10)11)3-2-4-7(5)9(12)13/h1-7,12-13H;2-4H,1H3,(H,10,11)(H,12,13). The molecule has 0 fully saturated rings. The van der Waals surface area contributed by atoms with E-state index < -0.39 is 19.3 Å². The third kappa shape index (κ3) is 5.07. The number of aromatic carboxylic acids is 2. The number of benzene rings is 3. The number of hydrogen-bond acceptors (Lipinski definition) is 5. The summed E-state index contributed by atoms with van der Waals surface area (Å²) in [6.45, 7) is 1.48. The van der Waals surface area contributed by atoms with E-state index >= 15 is 0 Å². The van der Waals surface area contributed by atoms with Crippen LogP contribution >= 0.6 is 0 Å². The number of carboxylic acids is 2. The van der Waals surface area contributed by atoms with Crippen molar-refractivity contribution in [2.75, 3.05) is 0 Å². The SMILES string of the molecule is Cc1c(C(=O)O)cccc1C(=O)O.OB(O)Oc1cccc2ccccc12. The molecule has 3 aromatic carbocycles. The largest absolute Gasteiger partial charge is 0.707 e. The summed E-state index contributed by atoms with van der Waals surface area (Å²) < 4.78 is 4.84. The molecule has 0 aliphatic rings. The fraction of sp³-hybridized carbons (Fsp3) is 0.0526. The Morgan fingerprint density at radius 1 is 0.815 bits per heavy atom. The second-order valence-corrected chi connectivity index (χ2v) is 5.51. The van der Waals surface area contributed by atoms with Crippen molar-refractivity contribution in [3.63, 3.8) is 0 Å². The van der Waals surface area contributed by atoms with Gasteiger partial charge >= 0.3 is 19.3 Å². The van der Waals surface area contributed by atoms with E-state index in [4.69, 9.17) is 24.9 Å². The average Bonchev–Trinajstić information content (AvgIpc) is 2.62. The lowest BCUT2D eigenvalue weighted by molar-refractivity contribution is 0.0696. The number of rotatable bonds is 4. The van der Waals surface area contributed by atoms with Gasteiger partial charge in [0, 0.05) is 5.39 Å². The third-order valence-corrected chi connectivity index (χ3v) is 3.78. The van der Waals surface area contributed by atoms with Crippen molar-refractivity contribution in [3.8, 4) is 5.75 Å². The van der Waals surface area contributed by atoms with E-state index in [0.717, 1.165) is 10.8 Å². The van der Waals surface area contributed by atoms with Gasteiger partial charge in [-0.2, -0.15) is 0 Å². The normalized spacial score (nSPS) is 9.89. The van der Waals surface area contributed by atoms with E-state index in [2.05, 4.69) is 0 Å². The molecule has 0 bridgehead atoms. The highest BCUT2D eigenvalue weighted by atomic mass is 16.6. The molecule has 7 nitrogen and oxygen atoms in total. The molecule has 0 spiro atoms. The lowest BCUT2D eigenvalue weighted by atomic mass is 10.0. The first-order chi connectivity index (χ1) is 12.8. The van der Waals surface area contributed by atoms with E-state index in [1.807, 2.05) is 30.3 Å². The summed E-state index contributed by atoms with van der Waals surface area (Å²) >= 11 is 0. The van der Waals surface area contributed by atoms with Crippen LogP contribution in [0.25, 0.3) is 10.8 Å². The van der Waals surface area contributed by atoms with Crippen LogP contribution in [0.5, 0.6) is 5.75 Å². The van der Waals surface area contributed by atoms with Crippen LogP contribution in [0.1, 0.15) is 26.3 Å². The smallest absolute Gasteiger partial charge is 0.512 e. The first-order valence-electron chi connectivity index (χ1n) is 7.88. The molecule has 0 heterocycles. The minimum absolute atomic E-state index is 0.0277. The quantitative estimate of drug-likeness (QED) is 0.522. The van der Waals surface area contributed by atoms with Crippen molar-refractivity contribution in [3.05, 3.63) is 77.4 Å². The summed E-state index contributed by atoms with van der Waals surface area (Å²) in [7, 11) is -1.78. The molecule has 0 aliphatic heterocycles. The maximum Gasteiger partial charge on any atom is 0.707 e. The molecule has 0 amide bonds. The van der Waals surface area contributed by atoms with Crippen molar-refractivity contribution >= 4 is 30.0 Å². The molecular formula is C19H17BO7. The predicted octanol–water partition coefficient (Wildman–Crippen LogP) is 2.58. The summed E-state index contributed by atoms with van der Waals surface area (Å²) in [5.41, 5.74) is 0.335. The van der Waals surface area contributed by atoms with E-state index in [1.54, 1.807) is 12.1 Å². The van der Waals surface area contributed by atoms with Crippen LogP contribution in [0.3, 0.4) is 0 Å². The zero-order valence-electron chi connectivity index (χ0n) is 14.4. The van der Waals surface area contributed by atoms with Gasteiger partial charge in [-0.1, -0.05) is 42.5 Å². The van der Waals surface area contributed by atoms with Gasteiger partial charge in [0.15, 0.2) is 0 Å². The Morgan fingerprint density at radius 2 is 1.33 bits per heavy atom. The molecule has 0 atom stereocenters. The van der Waals surface area contributed by atoms with Crippen LogP contribution in [0, 0.1) is 6.92 Å². The van der Waals surface area contributed by atoms with E-state index in [9.17, 15) is 9.59 Å². The molecule has 3 aromatic rings. The average molecular weight is 368 g/mol. The molecule has 3 rings (SSSR count). The Balaban J connectivity index is 0.000000194. The van der Waals surface area contributed by atoms with E-state index in [-0.39, 0.29) is 16.7 Å². The van der Waals surface area contributed by atoms with E-state index in [1.165, 1.54) is 25.1 Å². The van der Waals surface area contributed by atoms with Crippen molar-refractivity contribution in [1.29, 1.82) is 0 Å². The van der Waals surface area contributed by atoms with Crippen molar-refractivity contribution < 1.29 is 34.5 Å². The Labute approximate surface area is 155 Å². The van der Waals surface area contributed by atoms with Gasteiger partial charge in [-0.15, -0.1) is 0 Å². The summed E-state index contributed by atoms with van der Waals surface area (Å²) in [4.78, 5) is 21.2. The lowest BCUT2D eigenvalue weighted by Crippen LogP contribution is -2.20. The van der Waals surface area contributed by atoms with Gasteiger partial charge in [0.2, 0.25) is 0 Å². The van der Waals surface area contributed by atoms with E-state index in [0.29, 0.717) is 5.75 Å². The van der Waals surface area contributed by atoms with Crippen LogP contribution in [0.2, 0.25) is 0 Å². The van der Waals surface area contributed by atoms with Crippen LogP contribution in [-0.2, 0) is 0 Å². The number of hydrogen-bond donors (Lipinski definition) is 4. The lowest BCUT2D eigenvalue weighted by Gasteiger charge is -2.07. The molecular weight excluding hydrogens is 351 g/mol. The molecule has 4 N–H and O–H groups in total.